The lowest BCUT2D eigenvalue weighted by atomic mass is 10.2. The number of benzene rings is 1. The quantitative estimate of drug-likeness (QED) is 0.885. The minimum Gasteiger partial charge on any atom is -0.484 e. The monoisotopic (exact) mass is 306 g/mol. The lowest BCUT2D eigenvalue weighted by molar-refractivity contribution is -0.118. The lowest BCUT2D eigenvalue weighted by Crippen LogP contribution is -2.21. The number of carboxylic acid groups (broad SMARTS) is 1. The van der Waals surface area contributed by atoms with Crippen LogP contribution in [0, 0.1) is 0 Å². The summed E-state index contributed by atoms with van der Waals surface area (Å²) in [7, 11) is 0. The highest BCUT2D eigenvalue weighted by Crippen LogP contribution is 2.15. The molecule has 108 valence electrons. The molecule has 21 heavy (non-hydrogen) atoms. The molecule has 1 amide bonds. The van der Waals surface area contributed by atoms with Gasteiger partial charge in [0.15, 0.2) is 6.61 Å². The number of rotatable bonds is 5. The zero-order chi connectivity index (χ0) is 15.2. The predicted molar refractivity (Wildman–Crippen MR) is 76.8 cm³/mol. The van der Waals surface area contributed by atoms with Gasteiger partial charge in [0, 0.05) is 11.2 Å². The number of carboxylic acids is 1. The van der Waals surface area contributed by atoms with Gasteiger partial charge >= 0.3 is 5.97 Å². The average molecular weight is 307 g/mol. The van der Waals surface area contributed by atoms with E-state index in [2.05, 4.69) is 10.3 Å². The van der Waals surface area contributed by atoms with Crippen LogP contribution in [0.2, 0.25) is 5.02 Å². The molecule has 0 aliphatic carbocycles. The normalized spacial score (nSPS) is 9.95. The van der Waals surface area contributed by atoms with Crippen LogP contribution in [0.15, 0.2) is 42.6 Å². The molecule has 1 aromatic heterocycles. The van der Waals surface area contributed by atoms with E-state index in [1.54, 1.807) is 24.3 Å². The Morgan fingerprint density at radius 2 is 1.95 bits per heavy atom. The highest BCUT2D eigenvalue weighted by Gasteiger charge is 2.08. The van der Waals surface area contributed by atoms with Crippen molar-refractivity contribution in [1.29, 1.82) is 0 Å². The number of aromatic carboxylic acids is 1. The fraction of sp³-hybridized carbons (Fsp3) is 0.0714. The number of pyridine rings is 1. The Morgan fingerprint density at radius 3 is 2.62 bits per heavy atom. The van der Waals surface area contributed by atoms with Crippen molar-refractivity contribution in [3.8, 4) is 5.75 Å². The molecule has 0 atom stereocenters. The molecule has 0 aliphatic rings. The smallest absolute Gasteiger partial charge is 0.335 e. The van der Waals surface area contributed by atoms with Crippen LogP contribution in [0.25, 0.3) is 0 Å². The van der Waals surface area contributed by atoms with Crippen molar-refractivity contribution >= 4 is 29.3 Å². The second-order valence-corrected chi connectivity index (χ2v) is 4.46. The third-order valence-electron chi connectivity index (χ3n) is 2.46. The Morgan fingerprint density at radius 1 is 1.24 bits per heavy atom. The van der Waals surface area contributed by atoms with Crippen LogP contribution in [-0.2, 0) is 4.79 Å². The average Bonchev–Trinajstić information content (AvgIpc) is 2.47. The van der Waals surface area contributed by atoms with Crippen molar-refractivity contribution in [2.24, 2.45) is 0 Å². The first kappa shape index (κ1) is 14.8. The zero-order valence-electron chi connectivity index (χ0n) is 10.7. The second-order valence-electron chi connectivity index (χ2n) is 4.03. The number of halogens is 1. The van der Waals surface area contributed by atoms with Gasteiger partial charge in [0.2, 0.25) is 0 Å². The molecule has 2 rings (SSSR count). The zero-order valence-corrected chi connectivity index (χ0v) is 11.5. The van der Waals surface area contributed by atoms with Crippen molar-refractivity contribution in [1.82, 2.24) is 4.98 Å². The van der Waals surface area contributed by atoms with Crippen LogP contribution in [0.1, 0.15) is 10.4 Å². The minimum absolute atomic E-state index is 0.0407. The van der Waals surface area contributed by atoms with E-state index in [0.717, 1.165) is 0 Å². The van der Waals surface area contributed by atoms with Crippen molar-refractivity contribution in [3.05, 3.63) is 53.2 Å². The molecule has 0 aliphatic heterocycles. The Labute approximate surface area is 125 Å². The maximum Gasteiger partial charge on any atom is 0.335 e. The van der Waals surface area contributed by atoms with Crippen molar-refractivity contribution < 1.29 is 19.4 Å². The molecule has 2 N–H and O–H groups in total. The van der Waals surface area contributed by atoms with E-state index in [9.17, 15) is 9.59 Å². The SMILES string of the molecule is O=C(COc1ccc(Cl)cc1)Nc1cc(C(=O)O)ccn1. The van der Waals surface area contributed by atoms with Crippen molar-refractivity contribution in [3.63, 3.8) is 0 Å². The van der Waals surface area contributed by atoms with E-state index in [-0.39, 0.29) is 18.0 Å². The van der Waals surface area contributed by atoms with Gasteiger partial charge in [0.05, 0.1) is 5.56 Å². The number of carbonyl (C=O) groups is 2. The summed E-state index contributed by atoms with van der Waals surface area (Å²) >= 11 is 5.73. The molecule has 6 nitrogen and oxygen atoms in total. The first-order valence-corrected chi connectivity index (χ1v) is 6.30. The van der Waals surface area contributed by atoms with Crippen LogP contribution in [0.4, 0.5) is 5.82 Å². The fourth-order valence-corrected chi connectivity index (χ4v) is 1.62. The van der Waals surface area contributed by atoms with E-state index in [4.69, 9.17) is 21.4 Å². The molecule has 0 spiro atoms. The maximum absolute atomic E-state index is 11.7. The summed E-state index contributed by atoms with van der Waals surface area (Å²) in [5.41, 5.74) is 0.0407. The number of carbonyl (C=O) groups excluding carboxylic acids is 1. The predicted octanol–water partition coefficient (Wildman–Crippen LogP) is 2.45. The topological polar surface area (TPSA) is 88.5 Å². The Balaban J connectivity index is 1.91. The van der Waals surface area contributed by atoms with Crippen LogP contribution in [0.5, 0.6) is 5.75 Å². The molecule has 2 aromatic rings. The Kier molecular flexibility index (Phi) is 4.73. The summed E-state index contributed by atoms with van der Waals surface area (Å²) < 4.78 is 5.26. The van der Waals surface area contributed by atoms with E-state index < -0.39 is 11.9 Å². The number of hydrogen-bond donors (Lipinski definition) is 2. The summed E-state index contributed by atoms with van der Waals surface area (Å²) in [6.45, 7) is -0.222. The summed E-state index contributed by atoms with van der Waals surface area (Å²) in [5.74, 6) is -0.883. The van der Waals surface area contributed by atoms with Gasteiger partial charge in [-0.2, -0.15) is 0 Å². The second kappa shape index (κ2) is 6.71. The van der Waals surface area contributed by atoms with E-state index >= 15 is 0 Å². The molecular weight excluding hydrogens is 296 g/mol. The molecule has 7 heteroatoms. The fourth-order valence-electron chi connectivity index (χ4n) is 1.49. The number of nitrogens with zero attached hydrogens (tertiary/aromatic N) is 1. The van der Waals surface area contributed by atoms with Gasteiger partial charge in [-0.15, -0.1) is 0 Å². The number of aromatic nitrogens is 1. The molecule has 1 heterocycles. The van der Waals surface area contributed by atoms with Gasteiger partial charge in [0.1, 0.15) is 11.6 Å². The van der Waals surface area contributed by atoms with Gasteiger partial charge < -0.3 is 15.2 Å². The molecule has 0 unspecified atom stereocenters. The van der Waals surface area contributed by atoms with E-state index in [0.29, 0.717) is 10.8 Å². The summed E-state index contributed by atoms with van der Waals surface area (Å²) in [5, 5.41) is 11.9. The molecule has 0 saturated carbocycles. The number of hydrogen-bond acceptors (Lipinski definition) is 4. The van der Waals surface area contributed by atoms with Crippen LogP contribution >= 0.6 is 11.6 Å². The highest BCUT2D eigenvalue weighted by atomic mass is 35.5. The highest BCUT2D eigenvalue weighted by molar-refractivity contribution is 6.30. The van der Waals surface area contributed by atoms with Gasteiger partial charge in [-0.05, 0) is 36.4 Å². The first-order chi connectivity index (χ1) is 10.0. The van der Waals surface area contributed by atoms with Crippen molar-refractivity contribution in [2.45, 2.75) is 0 Å². The molecular formula is C14H11ClN2O4. The standard InChI is InChI=1S/C14H11ClN2O4/c15-10-1-3-11(4-2-10)21-8-13(18)17-12-7-9(14(19)20)5-6-16-12/h1-7H,8H2,(H,19,20)(H,16,17,18). The van der Waals surface area contributed by atoms with Gasteiger partial charge in [-0.3, -0.25) is 4.79 Å². The lowest BCUT2D eigenvalue weighted by Gasteiger charge is -2.07. The number of anilines is 1. The maximum atomic E-state index is 11.7. The molecule has 0 saturated heterocycles. The minimum atomic E-state index is -1.09. The van der Waals surface area contributed by atoms with Crippen LogP contribution in [0.3, 0.4) is 0 Å². The third kappa shape index (κ3) is 4.47. The van der Waals surface area contributed by atoms with Gasteiger partial charge in [0.25, 0.3) is 5.91 Å². The number of nitrogens with one attached hydrogen (secondary N) is 1. The molecule has 1 aromatic carbocycles. The summed E-state index contributed by atoms with van der Waals surface area (Å²) in [4.78, 5) is 26.3. The number of amides is 1. The Hall–Kier alpha value is -2.60. The number of ether oxygens (including phenoxy) is 1. The first-order valence-electron chi connectivity index (χ1n) is 5.92. The van der Waals surface area contributed by atoms with E-state index in [1.165, 1.54) is 18.3 Å². The molecule has 0 radical (unpaired) electrons. The van der Waals surface area contributed by atoms with Gasteiger partial charge in [-0.1, -0.05) is 11.6 Å². The van der Waals surface area contributed by atoms with Gasteiger partial charge in [-0.25, -0.2) is 9.78 Å². The largest absolute Gasteiger partial charge is 0.484 e. The molecule has 0 bridgehead atoms. The summed E-state index contributed by atoms with van der Waals surface area (Å²) in [6, 6.07) is 9.17. The third-order valence-corrected chi connectivity index (χ3v) is 2.71. The van der Waals surface area contributed by atoms with Crippen LogP contribution < -0.4 is 10.1 Å². The summed E-state index contributed by atoms with van der Waals surface area (Å²) in [6.07, 6.45) is 1.30. The van der Waals surface area contributed by atoms with E-state index in [1.807, 2.05) is 0 Å². The Bertz CT molecular complexity index is 658. The van der Waals surface area contributed by atoms with Crippen LogP contribution in [-0.4, -0.2) is 28.6 Å². The van der Waals surface area contributed by atoms with Crippen molar-refractivity contribution in [2.75, 3.05) is 11.9 Å². The molecule has 0 fully saturated rings.